The Bertz CT molecular complexity index is 420. The summed E-state index contributed by atoms with van der Waals surface area (Å²) in [5.41, 5.74) is 0. The maximum Gasteiger partial charge on any atom is 0.181 e. The summed E-state index contributed by atoms with van der Waals surface area (Å²) in [6.07, 6.45) is 0. The highest BCUT2D eigenvalue weighted by atomic mass is 32.2. The third kappa shape index (κ3) is 2.56. The fourth-order valence-corrected chi connectivity index (χ4v) is 2.86. The van der Waals surface area contributed by atoms with Crippen LogP contribution in [0.2, 0.25) is 0 Å². The first-order chi connectivity index (χ1) is 6.85. The van der Waals surface area contributed by atoms with Gasteiger partial charge in [-0.15, -0.1) is 0 Å². The van der Waals surface area contributed by atoms with Gasteiger partial charge in [0, 0.05) is 0 Å². The Morgan fingerprint density at radius 2 is 1.53 bits per heavy atom. The monoisotopic (exact) mass is 230 g/mol. The molecule has 1 unspecified atom stereocenters. The van der Waals surface area contributed by atoms with Crippen molar-refractivity contribution in [1.29, 1.82) is 0 Å². The second kappa shape index (κ2) is 4.31. The fourth-order valence-electron chi connectivity index (χ4n) is 1.20. The zero-order chi connectivity index (χ0) is 11.6. The molecule has 1 aromatic rings. The van der Waals surface area contributed by atoms with Gasteiger partial charge < -0.3 is 0 Å². The molecule has 0 aliphatic carbocycles. The van der Waals surface area contributed by atoms with E-state index < -0.39 is 20.9 Å². The average Bonchev–Trinajstić information content (AvgIpc) is 2.17. The van der Waals surface area contributed by atoms with Crippen molar-refractivity contribution >= 4 is 9.84 Å². The number of rotatable bonds is 3. The van der Waals surface area contributed by atoms with Gasteiger partial charge in [-0.25, -0.2) is 12.8 Å². The van der Waals surface area contributed by atoms with Crippen LogP contribution in [-0.4, -0.2) is 13.7 Å². The van der Waals surface area contributed by atoms with Gasteiger partial charge in [0.1, 0.15) is 5.82 Å². The van der Waals surface area contributed by atoms with Crippen LogP contribution in [0.3, 0.4) is 0 Å². The summed E-state index contributed by atoms with van der Waals surface area (Å²) in [4.78, 5) is 0.185. The van der Waals surface area contributed by atoms with Crippen LogP contribution in [0.4, 0.5) is 4.39 Å². The zero-order valence-electron chi connectivity index (χ0n) is 9.07. The molecule has 0 radical (unpaired) electrons. The number of sulfone groups is 1. The molecule has 4 heteroatoms. The molecule has 1 atom stereocenters. The minimum Gasteiger partial charge on any atom is -0.223 e. The maximum absolute atomic E-state index is 12.6. The van der Waals surface area contributed by atoms with E-state index >= 15 is 0 Å². The van der Waals surface area contributed by atoms with Crippen LogP contribution >= 0.6 is 0 Å². The number of benzene rings is 1. The second-order valence-electron chi connectivity index (χ2n) is 3.95. The molecule has 0 amide bonds. The summed E-state index contributed by atoms with van der Waals surface area (Å²) in [6, 6.07) is 4.95. The predicted octanol–water partition coefficient (Wildman–Crippen LogP) is 2.64. The van der Waals surface area contributed by atoms with Gasteiger partial charge in [0.05, 0.1) is 10.1 Å². The van der Waals surface area contributed by atoms with Gasteiger partial charge >= 0.3 is 0 Å². The lowest BCUT2D eigenvalue weighted by molar-refractivity contribution is 0.545. The Morgan fingerprint density at radius 1 is 1.07 bits per heavy atom. The molecule has 2 nitrogen and oxygen atoms in total. The summed E-state index contributed by atoms with van der Waals surface area (Å²) in [6.45, 7) is 5.38. The van der Waals surface area contributed by atoms with Crippen molar-refractivity contribution in [2.45, 2.75) is 30.9 Å². The fraction of sp³-hybridized carbons (Fsp3) is 0.455. The molecule has 0 fully saturated rings. The molecule has 0 N–H and O–H groups in total. The van der Waals surface area contributed by atoms with E-state index in [2.05, 4.69) is 0 Å². The van der Waals surface area contributed by atoms with E-state index in [-0.39, 0.29) is 10.8 Å². The molecule has 0 saturated heterocycles. The van der Waals surface area contributed by atoms with Crippen LogP contribution in [-0.2, 0) is 9.84 Å². The summed E-state index contributed by atoms with van der Waals surface area (Å²) >= 11 is 0. The molecular weight excluding hydrogens is 215 g/mol. The van der Waals surface area contributed by atoms with Crippen LogP contribution in [0.25, 0.3) is 0 Å². The minimum absolute atomic E-state index is 0.0417. The first-order valence-electron chi connectivity index (χ1n) is 4.85. The molecular formula is C11H15FO2S. The Morgan fingerprint density at radius 3 is 1.93 bits per heavy atom. The van der Waals surface area contributed by atoms with Gasteiger partial charge in [-0.1, -0.05) is 13.8 Å². The Kier molecular flexibility index (Phi) is 3.50. The predicted molar refractivity (Wildman–Crippen MR) is 57.9 cm³/mol. The summed E-state index contributed by atoms with van der Waals surface area (Å²) in [7, 11) is -3.32. The minimum atomic E-state index is -3.32. The van der Waals surface area contributed by atoms with E-state index in [0.717, 1.165) is 0 Å². The van der Waals surface area contributed by atoms with Crippen LogP contribution in [0.5, 0.6) is 0 Å². The molecule has 1 aromatic carbocycles. The van der Waals surface area contributed by atoms with E-state index in [4.69, 9.17) is 0 Å². The van der Waals surface area contributed by atoms with Crippen molar-refractivity contribution in [2.75, 3.05) is 0 Å². The lowest BCUT2D eigenvalue weighted by Crippen LogP contribution is -2.23. The van der Waals surface area contributed by atoms with E-state index in [9.17, 15) is 12.8 Å². The van der Waals surface area contributed by atoms with Crippen molar-refractivity contribution in [1.82, 2.24) is 0 Å². The summed E-state index contributed by atoms with van der Waals surface area (Å²) in [5.74, 6) is -0.383. The van der Waals surface area contributed by atoms with Gasteiger partial charge in [-0.05, 0) is 37.1 Å². The third-order valence-corrected chi connectivity index (χ3v) is 5.02. The van der Waals surface area contributed by atoms with Crippen molar-refractivity contribution in [3.8, 4) is 0 Å². The lowest BCUT2D eigenvalue weighted by Gasteiger charge is -2.16. The number of halogens is 1. The van der Waals surface area contributed by atoms with Gasteiger partial charge in [0.25, 0.3) is 0 Å². The van der Waals surface area contributed by atoms with E-state index in [1.54, 1.807) is 6.92 Å². The smallest absolute Gasteiger partial charge is 0.181 e. The first-order valence-corrected chi connectivity index (χ1v) is 6.40. The summed E-state index contributed by atoms with van der Waals surface area (Å²) < 4.78 is 36.6. The average molecular weight is 230 g/mol. The van der Waals surface area contributed by atoms with Gasteiger partial charge in [-0.3, -0.25) is 0 Å². The Labute approximate surface area is 90.0 Å². The highest BCUT2D eigenvalue weighted by Crippen LogP contribution is 2.21. The lowest BCUT2D eigenvalue weighted by atomic mass is 10.2. The molecule has 0 saturated carbocycles. The largest absolute Gasteiger partial charge is 0.223 e. The Hall–Kier alpha value is -0.900. The SMILES string of the molecule is CC(C)C(C)S(=O)(=O)c1ccc(F)cc1. The molecule has 0 spiro atoms. The molecule has 0 aliphatic heterocycles. The van der Waals surface area contributed by atoms with Gasteiger partial charge in [-0.2, -0.15) is 0 Å². The second-order valence-corrected chi connectivity index (χ2v) is 6.25. The molecule has 0 aliphatic rings. The third-order valence-electron chi connectivity index (χ3n) is 2.57. The van der Waals surface area contributed by atoms with E-state index in [1.165, 1.54) is 24.3 Å². The van der Waals surface area contributed by atoms with E-state index in [0.29, 0.717) is 0 Å². The van der Waals surface area contributed by atoms with Crippen LogP contribution < -0.4 is 0 Å². The zero-order valence-corrected chi connectivity index (χ0v) is 9.88. The van der Waals surface area contributed by atoms with Crippen molar-refractivity contribution < 1.29 is 12.8 Å². The van der Waals surface area contributed by atoms with Crippen molar-refractivity contribution in [2.24, 2.45) is 5.92 Å². The number of hydrogen-bond donors (Lipinski definition) is 0. The normalized spacial score (nSPS) is 14.2. The molecule has 0 bridgehead atoms. The Balaban J connectivity index is 3.12. The summed E-state index contributed by atoms with van der Waals surface area (Å²) in [5, 5.41) is -0.456. The highest BCUT2D eigenvalue weighted by molar-refractivity contribution is 7.92. The van der Waals surface area contributed by atoms with Crippen molar-refractivity contribution in [3.63, 3.8) is 0 Å². The molecule has 0 aromatic heterocycles. The highest BCUT2D eigenvalue weighted by Gasteiger charge is 2.25. The van der Waals surface area contributed by atoms with Crippen molar-refractivity contribution in [3.05, 3.63) is 30.1 Å². The van der Waals surface area contributed by atoms with Gasteiger partial charge in [0.15, 0.2) is 9.84 Å². The van der Waals surface area contributed by atoms with Crippen LogP contribution in [0.1, 0.15) is 20.8 Å². The molecule has 1 rings (SSSR count). The molecule has 0 heterocycles. The molecule has 84 valence electrons. The van der Waals surface area contributed by atoms with Crippen LogP contribution in [0, 0.1) is 11.7 Å². The first kappa shape index (κ1) is 12.2. The van der Waals surface area contributed by atoms with E-state index in [1.807, 2.05) is 13.8 Å². The van der Waals surface area contributed by atoms with Crippen LogP contribution in [0.15, 0.2) is 29.2 Å². The van der Waals surface area contributed by atoms with Gasteiger partial charge in [0.2, 0.25) is 0 Å². The topological polar surface area (TPSA) is 34.1 Å². The molecule has 15 heavy (non-hydrogen) atoms. The maximum atomic E-state index is 12.6. The number of hydrogen-bond acceptors (Lipinski definition) is 2. The quantitative estimate of drug-likeness (QED) is 0.748. The standard InChI is InChI=1S/C11H15FO2S/c1-8(2)9(3)15(13,14)11-6-4-10(12)5-7-11/h4-9H,1-3H3.